The molecule has 3 aromatic heterocycles. The van der Waals surface area contributed by atoms with Crippen LogP contribution >= 0.6 is 11.6 Å². The molecule has 0 aromatic carbocycles. The van der Waals surface area contributed by atoms with Gasteiger partial charge in [0.1, 0.15) is 16.6 Å². The minimum Gasteiger partial charge on any atom is -0.356 e. The number of anilines is 1. The summed E-state index contributed by atoms with van der Waals surface area (Å²) in [6.45, 7) is 2.21. The summed E-state index contributed by atoms with van der Waals surface area (Å²) in [7, 11) is 0. The zero-order chi connectivity index (χ0) is 14.2. The van der Waals surface area contributed by atoms with E-state index >= 15 is 0 Å². The zero-order valence-electron chi connectivity index (χ0n) is 11.5. The Morgan fingerprint density at radius 2 is 1.90 bits per heavy atom. The van der Waals surface area contributed by atoms with E-state index in [1.54, 1.807) is 6.20 Å². The van der Waals surface area contributed by atoms with E-state index in [1.165, 1.54) is 12.8 Å². The van der Waals surface area contributed by atoms with Gasteiger partial charge in [-0.25, -0.2) is 9.97 Å². The summed E-state index contributed by atoms with van der Waals surface area (Å²) in [4.78, 5) is 11.0. The molecule has 0 unspecified atom stereocenters. The molecule has 1 saturated heterocycles. The van der Waals surface area contributed by atoms with E-state index in [2.05, 4.69) is 25.5 Å². The van der Waals surface area contributed by atoms with Crippen LogP contribution in [-0.2, 0) is 0 Å². The molecule has 0 atom stereocenters. The molecule has 21 heavy (non-hydrogen) atoms. The molecule has 4 rings (SSSR count). The second-order valence-electron chi connectivity index (χ2n) is 5.30. The van der Waals surface area contributed by atoms with Crippen molar-refractivity contribution in [3.05, 3.63) is 48.0 Å². The molecule has 5 heteroatoms. The molecule has 4 nitrogen and oxygen atoms in total. The number of pyridine rings is 2. The molecule has 0 aliphatic carbocycles. The van der Waals surface area contributed by atoms with Crippen molar-refractivity contribution in [2.45, 2.75) is 12.8 Å². The van der Waals surface area contributed by atoms with Gasteiger partial charge in [0, 0.05) is 36.6 Å². The maximum atomic E-state index is 6.20. The Morgan fingerprint density at radius 1 is 1.05 bits per heavy atom. The standard InChI is InChI=1S/C16H15ClN4/c17-16-13(4-3-7-18-16)12-5-6-14-19-10-15(21(14)11-12)20-8-1-2-9-20/h3-7,10-11H,1-2,8-9H2. The van der Waals surface area contributed by atoms with Crippen molar-refractivity contribution in [1.82, 2.24) is 14.4 Å². The SMILES string of the molecule is Clc1ncccc1-c1ccc2ncc(N3CCCC3)n2c1. The van der Waals surface area contributed by atoms with E-state index in [4.69, 9.17) is 11.6 Å². The lowest BCUT2D eigenvalue weighted by Crippen LogP contribution is -2.19. The molecular formula is C16H15ClN4. The molecule has 1 fully saturated rings. The van der Waals surface area contributed by atoms with Gasteiger partial charge in [-0.3, -0.25) is 4.40 Å². The molecule has 4 heterocycles. The van der Waals surface area contributed by atoms with Crippen molar-refractivity contribution < 1.29 is 0 Å². The zero-order valence-corrected chi connectivity index (χ0v) is 12.3. The number of fused-ring (bicyclic) bond motifs is 1. The van der Waals surface area contributed by atoms with Gasteiger partial charge in [-0.15, -0.1) is 0 Å². The largest absolute Gasteiger partial charge is 0.356 e. The average molecular weight is 299 g/mol. The number of hydrogen-bond acceptors (Lipinski definition) is 3. The average Bonchev–Trinajstić information content (AvgIpc) is 3.16. The first-order valence-electron chi connectivity index (χ1n) is 7.16. The maximum absolute atomic E-state index is 6.20. The first-order valence-corrected chi connectivity index (χ1v) is 7.54. The van der Waals surface area contributed by atoms with Crippen LogP contribution in [0, 0.1) is 0 Å². The van der Waals surface area contributed by atoms with Crippen molar-refractivity contribution in [1.29, 1.82) is 0 Å². The Balaban J connectivity index is 1.85. The van der Waals surface area contributed by atoms with Crippen LogP contribution in [0.25, 0.3) is 16.8 Å². The highest BCUT2D eigenvalue weighted by Gasteiger charge is 2.16. The molecule has 1 aliphatic heterocycles. The van der Waals surface area contributed by atoms with Gasteiger partial charge >= 0.3 is 0 Å². The Morgan fingerprint density at radius 3 is 2.71 bits per heavy atom. The van der Waals surface area contributed by atoms with Crippen molar-refractivity contribution >= 4 is 23.1 Å². The summed E-state index contributed by atoms with van der Waals surface area (Å²) < 4.78 is 2.14. The van der Waals surface area contributed by atoms with Gasteiger partial charge in [-0.1, -0.05) is 11.6 Å². The van der Waals surface area contributed by atoms with E-state index in [0.717, 1.165) is 35.7 Å². The molecule has 0 saturated carbocycles. The monoisotopic (exact) mass is 298 g/mol. The summed E-state index contributed by atoms with van der Waals surface area (Å²) in [6.07, 6.45) is 8.26. The lowest BCUT2D eigenvalue weighted by molar-refractivity contribution is 0.925. The van der Waals surface area contributed by atoms with E-state index < -0.39 is 0 Å². The first kappa shape index (κ1) is 12.7. The molecule has 0 radical (unpaired) electrons. The van der Waals surface area contributed by atoms with E-state index in [0.29, 0.717) is 5.15 Å². The third kappa shape index (κ3) is 2.16. The maximum Gasteiger partial charge on any atom is 0.138 e. The first-order chi connectivity index (χ1) is 10.3. The fraction of sp³-hybridized carbons (Fsp3) is 0.250. The van der Waals surface area contributed by atoms with Crippen LogP contribution < -0.4 is 4.90 Å². The molecule has 106 valence electrons. The molecular weight excluding hydrogens is 284 g/mol. The number of rotatable bonds is 2. The molecule has 0 amide bonds. The van der Waals surface area contributed by atoms with Crippen LogP contribution in [0.1, 0.15) is 12.8 Å². The van der Waals surface area contributed by atoms with Crippen LogP contribution in [0.15, 0.2) is 42.9 Å². The van der Waals surface area contributed by atoms with Gasteiger partial charge in [0.25, 0.3) is 0 Å². The Kier molecular flexibility index (Phi) is 3.04. The number of hydrogen-bond donors (Lipinski definition) is 0. The highest BCUT2D eigenvalue weighted by atomic mass is 35.5. The Labute approximate surface area is 128 Å². The van der Waals surface area contributed by atoms with Crippen LogP contribution in [-0.4, -0.2) is 27.5 Å². The van der Waals surface area contributed by atoms with Crippen LogP contribution in [0.5, 0.6) is 0 Å². The third-order valence-corrected chi connectivity index (χ3v) is 4.29. The van der Waals surface area contributed by atoms with Crippen LogP contribution in [0.3, 0.4) is 0 Å². The summed E-state index contributed by atoms with van der Waals surface area (Å²) in [5.41, 5.74) is 2.96. The van der Waals surface area contributed by atoms with E-state index in [9.17, 15) is 0 Å². The second kappa shape index (κ2) is 5.04. The fourth-order valence-corrected chi connectivity index (χ4v) is 3.14. The van der Waals surface area contributed by atoms with Gasteiger partial charge in [-0.05, 0) is 37.1 Å². The minimum atomic E-state index is 0.527. The van der Waals surface area contributed by atoms with Crippen molar-refractivity contribution in [3.8, 4) is 11.1 Å². The molecule has 3 aromatic rings. The quantitative estimate of drug-likeness (QED) is 0.677. The van der Waals surface area contributed by atoms with Gasteiger partial charge < -0.3 is 4.90 Å². The second-order valence-corrected chi connectivity index (χ2v) is 5.66. The third-order valence-electron chi connectivity index (χ3n) is 3.99. The van der Waals surface area contributed by atoms with Crippen LogP contribution in [0.2, 0.25) is 5.15 Å². The van der Waals surface area contributed by atoms with Crippen molar-refractivity contribution in [2.24, 2.45) is 0 Å². The summed E-state index contributed by atoms with van der Waals surface area (Å²) in [5.74, 6) is 1.16. The highest BCUT2D eigenvalue weighted by Crippen LogP contribution is 2.28. The van der Waals surface area contributed by atoms with E-state index in [-0.39, 0.29) is 0 Å². The highest BCUT2D eigenvalue weighted by molar-refractivity contribution is 6.32. The van der Waals surface area contributed by atoms with Crippen molar-refractivity contribution in [3.63, 3.8) is 0 Å². The normalized spacial score (nSPS) is 15.0. The molecule has 0 N–H and O–H groups in total. The number of halogens is 1. The van der Waals surface area contributed by atoms with Crippen molar-refractivity contribution in [2.75, 3.05) is 18.0 Å². The van der Waals surface area contributed by atoms with Crippen LogP contribution in [0.4, 0.5) is 5.82 Å². The summed E-state index contributed by atoms with van der Waals surface area (Å²) in [6, 6.07) is 7.96. The Bertz CT molecular complexity index is 790. The fourth-order valence-electron chi connectivity index (χ4n) is 2.91. The van der Waals surface area contributed by atoms with Gasteiger partial charge in [0.2, 0.25) is 0 Å². The predicted octanol–water partition coefficient (Wildman–Crippen LogP) is 3.65. The summed E-state index contributed by atoms with van der Waals surface area (Å²) >= 11 is 6.20. The molecule has 0 bridgehead atoms. The molecule has 0 spiro atoms. The van der Waals surface area contributed by atoms with Gasteiger partial charge in [0.15, 0.2) is 0 Å². The van der Waals surface area contributed by atoms with Gasteiger partial charge in [0.05, 0.1) is 6.20 Å². The van der Waals surface area contributed by atoms with E-state index in [1.807, 2.05) is 30.5 Å². The number of nitrogens with zero attached hydrogens (tertiary/aromatic N) is 4. The summed E-state index contributed by atoms with van der Waals surface area (Å²) in [5, 5.41) is 0.527. The smallest absolute Gasteiger partial charge is 0.138 e. The Hall–Kier alpha value is -2.07. The number of imidazole rings is 1. The minimum absolute atomic E-state index is 0.527. The lowest BCUT2D eigenvalue weighted by atomic mass is 10.1. The topological polar surface area (TPSA) is 33.4 Å². The number of aromatic nitrogens is 3. The molecule has 1 aliphatic rings. The predicted molar refractivity (Wildman–Crippen MR) is 84.9 cm³/mol. The van der Waals surface area contributed by atoms with Gasteiger partial charge in [-0.2, -0.15) is 0 Å². The lowest BCUT2D eigenvalue weighted by Gasteiger charge is -2.16.